The molecule has 1 aromatic rings. The molecule has 13 heavy (non-hydrogen) atoms. The van der Waals surface area contributed by atoms with Gasteiger partial charge in [-0.15, -0.1) is 0 Å². The number of carbonyl (C=O) groups excluding carboxylic acids is 1. The molecule has 0 aliphatic carbocycles. The zero-order valence-electron chi connectivity index (χ0n) is 7.19. The zero-order valence-corrected chi connectivity index (χ0v) is 7.19. The summed E-state index contributed by atoms with van der Waals surface area (Å²) in [5.74, 6) is -0.0983. The third kappa shape index (κ3) is 1.61. The summed E-state index contributed by atoms with van der Waals surface area (Å²) < 4.78 is 4.75. The van der Waals surface area contributed by atoms with Gasteiger partial charge in [-0.3, -0.25) is 0 Å². The van der Waals surface area contributed by atoms with E-state index in [-0.39, 0.29) is 12.1 Å². The first-order chi connectivity index (χ1) is 6.31. The van der Waals surface area contributed by atoms with Crippen molar-refractivity contribution in [2.24, 2.45) is 0 Å². The molecule has 1 unspecified atom stereocenters. The van der Waals surface area contributed by atoms with E-state index in [0.29, 0.717) is 6.42 Å². The first-order valence-corrected chi connectivity index (χ1v) is 4.22. The van der Waals surface area contributed by atoms with Gasteiger partial charge in [0, 0.05) is 6.42 Å². The number of carbonyl (C=O) groups is 1. The minimum absolute atomic E-state index is 0.0983. The Morgan fingerprint density at radius 3 is 2.77 bits per heavy atom. The smallest absolute Gasteiger partial charge is 0.348 e. The van der Waals surface area contributed by atoms with Gasteiger partial charge in [0.25, 0.3) is 0 Å². The fourth-order valence-corrected chi connectivity index (χ4v) is 1.35. The zero-order chi connectivity index (χ0) is 9.26. The minimum Gasteiger partial charge on any atom is -0.447 e. The van der Waals surface area contributed by atoms with E-state index in [9.17, 15) is 4.79 Å². The summed E-state index contributed by atoms with van der Waals surface area (Å²) in [7, 11) is 0. The highest BCUT2D eigenvalue weighted by Gasteiger charge is 2.37. The summed E-state index contributed by atoms with van der Waals surface area (Å²) in [5, 5.41) is 0. The van der Waals surface area contributed by atoms with Crippen molar-refractivity contribution >= 4 is 12.0 Å². The van der Waals surface area contributed by atoms with Gasteiger partial charge in [0.1, 0.15) is 0 Å². The Morgan fingerprint density at radius 2 is 2.15 bits per heavy atom. The Hall–Kier alpha value is -1.57. The fourth-order valence-electron chi connectivity index (χ4n) is 1.35. The number of hydrogen-bond acceptors (Lipinski definition) is 2. The molecule has 1 heterocycles. The van der Waals surface area contributed by atoms with Crippen LogP contribution in [0.1, 0.15) is 11.1 Å². The lowest BCUT2D eigenvalue weighted by Gasteiger charge is -2.01. The normalized spacial score (nSPS) is 19.4. The van der Waals surface area contributed by atoms with Crippen LogP contribution >= 0.6 is 0 Å². The van der Waals surface area contributed by atoms with Crippen LogP contribution in [0, 0.1) is 0 Å². The van der Waals surface area contributed by atoms with E-state index in [1.54, 1.807) is 6.08 Å². The largest absolute Gasteiger partial charge is 0.447 e. The van der Waals surface area contributed by atoms with Crippen molar-refractivity contribution in [2.45, 2.75) is 12.5 Å². The molecule has 1 saturated heterocycles. The first kappa shape index (κ1) is 8.05. The number of benzene rings is 1. The van der Waals surface area contributed by atoms with Crippen LogP contribution in [0.25, 0.3) is 6.08 Å². The number of cyclic esters (lactones) is 1. The van der Waals surface area contributed by atoms with Crippen LogP contribution in [-0.4, -0.2) is 12.1 Å². The summed E-state index contributed by atoms with van der Waals surface area (Å²) in [4.78, 5) is 10.6. The van der Waals surface area contributed by atoms with E-state index in [2.05, 4.69) is 6.58 Å². The SMILES string of the molecule is C=Cc1ccccc1CC1OC1=O. The Kier molecular flexibility index (Phi) is 1.89. The standard InChI is InChI=1S/C11H10O2/c1-2-8-5-3-4-6-9(8)7-10-11(12)13-10/h2-6,10H,1,7H2. The van der Waals surface area contributed by atoms with Crippen LogP contribution < -0.4 is 0 Å². The van der Waals surface area contributed by atoms with E-state index >= 15 is 0 Å². The Balaban J connectivity index is 2.18. The molecule has 0 amide bonds. The molecule has 1 fully saturated rings. The second-order valence-electron chi connectivity index (χ2n) is 3.03. The lowest BCUT2D eigenvalue weighted by molar-refractivity contribution is -0.117. The molecule has 0 aromatic heterocycles. The van der Waals surface area contributed by atoms with Gasteiger partial charge in [-0.05, 0) is 11.1 Å². The maximum Gasteiger partial charge on any atom is 0.348 e. The summed E-state index contributed by atoms with van der Waals surface area (Å²) in [6.07, 6.45) is 2.25. The lowest BCUT2D eigenvalue weighted by atomic mass is 10.0. The van der Waals surface area contributed by atoms with Crippen LogP contribution in [-0.2, 0) is 16.0 Å². The predicted molar refractivity (Wildman–Crippen MR) is 50.1 cm³/mol. The van der Waals surface area contributed by atoms with Gasteiger partial charge in [-0.1, -0.05) is 36.9 Å². The molecule has 1 aliphatic rings. The van der Waals surface area contributed by atoms with E-state index in [4.69, 9.17) is 4.74 Å². The molecule has 0 saturated carbocycles. The molecule has 2 heteroatoms. The highest BCUT2D eigenvalue weighted by molar-refractivity contribution is 5.87. The van der Waals surface area contributed by atoms with E-state index in [1.165, 1.54) is 0 Å². The topological polar surface area (TPSA) is 29.6 Å². The van der Waals surface area contributed by atoms with Crippen LogP contribution in [0.3, 0.4) is 0 Å². The third-order valence-electron chi connectivity index (χ3n) is 2.14. The fraction of sp³-hybridized carbons (Fsp3) is 0.182. The highest BCUT2D eigenvalue weighted by Crippen LogP contribution is 2.21. The first-order valence-electron chi connectivity index (χ1n) is 4.22. The second-order valence-corrected chi connectivity index (χ2v) is 3.03. The van der Waals surface area contributed by atoms with Crippen LogP contribution in [0.2, 0.25) is 0 Å². The third-order valence-corrected chi connectivity index (χ3v) is 2.14. The quantitative estimate of drug-likeness (QED) is 0.654. The predicted octanol–water partition coefficient (Wildman–Crippen LogP) is 1.80. The van der Waals surface area contributed by atoms with Crippen molar-refractivity contribution in [3.05, 3.63) is 42.0 Å². The summed E-state index contributed by atoms with van der Waals surface area (Å²) >= 11 is 0. The van der Waals surface area contributed by atoms with Crippen molar-refractivity contribution in [3.8, 4) is 0 Å². The van der Waals surface area contributed by atoms with Gasteiger partial charge >= 0.3 is 5.97 Å². The lowest BCUT2D eigenvalue weighted by Crippen LogP contribution is -1.96. The van der Waals surface area contributed by atoms with Crippen LogP contribution in [0.5, 0.6) is 0 Å². The van der Waals surface area contributed by atoms with Gasteiger partial charge in [0.05, 0.1) is 0 Å². The molecular formula is C11H10O2. The van der Waals surface area contributed by atoms with Gasteiger partial charge in [0.15, 0.2) is 0 Å². The molecule has 0 bridgehead atoms. The highest BCUT2D eigenvalue weighted by atomic mass is 16.6. The van der Waals surface area contributed by atoms with Gasteiger partial charge in [0.2, 0.25) is 6.10 Å². The van der Waals surface area contributed by atoms with Crippen molar-refractivity contribution in [3.63, 3.8) is 0 Å². The summed E-state index contributed by atoms with van der Waals surface area (Å²) in [5.41, 5.74) is 2.19. The average molecular weight is 174 g/mol. The molecule has 1 aromatic carbocycles. The Bertz CT molecular complexity index is 355. The maximum absolute atomic E-state index is 10.6. The maximum atomic E-state index is 10.6. The van der Waals surface area contributed by atoms with Crippen LogP contribution in [0.15, 0.2) is 30.8 Å². The molecule has 66 valence electrons. The van der Waals surface area contributed by atoms with Crippen LogP contribution in [0.4, 0.5) is 0 Å². The molecule has 2 rings (SSSR count). The molecule has 1 atom stereocenters. The number of epoxide rings is 1. The van der Waals surface area contributed by atoms with E-state index in [1.807, 2.05) is 24.3 Å². The number of rotatable bonds is 3. The molecule has 2 nitrogen and oxygen atoms in total. The van der Waals surface area contributed by atoms with Gasteiger partial charge < -0.3 is 4.74 Å². The van der Waals surface area contributed by atoms with Crippen molar-refractivity contribution in [1.82, 2.24) is 0 Å². The molecule has 1 aliphatic heterocycles. The summed E-state index contributed by atoms with van der Waals surface area (Å²) in [6, 6.07) is 7.88. The number of ether oxygens (including phenoxy) is 1. The monoisotopic (exact) mass is 174 g/mol. The van der Waals surface area contributed by atoms with E-state index < -0.39 is 0 Å². The Labute approximate surface area is 76.8 Å². The Morgan fingerprint density at radius 1 is 1.46 bits per heavy atom. The molecule has 0 N–H and O–H groups in total. The van der Waals surface area contributed by atoms with Gasteiger partial charge in [-0.2, -0.15) is 0 Å². The van der Waals surface area contributed by atoms with Crippen molar-refractivity contribution < 1.29 is 9.53 Å². The molecule has 0 radical (unpaired) electrons. The second kappa shape index (κ2) is 3.05. The average Bonchev–Trinajstić information content (AvgIpc) is 2.83. The molecular weight excluding hydrogens is 164 g/mol. The van der Waals surface area contributed by atoms with Crippen molar-refractivity contribution in [1.29, 1.82) is 0 Å². The van der Waals surface area contributed by atoms with E-state index in [0.717, 1.165) is 11.1 Å². The summed E-state index contributed by atoms with van der Waals surface area (Å²) in [6.45, 7) is 3.71. The minimum atomic E-state index is -0.207. The molecule has 0 spiro atoms. The van der Waals surface area contributed by atoms with Crippen molar-refractivity contribution in [2.75, 3.05) is 0 Å². The number of hydrogen-bond donors (Lipinski definition) is 0. The van der Waals surface area contributed by atoms with Gasteiger partial charge in [-0.25, -0.2) is 4.79 Å².